The summed E-state index contributed by atoms with van der Waals surface area (Å²) in [6.07, 6.45) is -4.11. The molecule has 0 radical (unpaired) electrons. The first-order chi connectivity index (χ1) is 7.04. The van der Waals surface area contributed by atoms with Crippen molar-refractivity contribution in [2.75, 3.05) is 6.61 Å². The van der Waals surface area contributed by atoms with Crippen LogP contribution in [0.1, 0.15) is 11.1 Å². The summed E-state index contributed by atoms with van der Waals surface area (Å²) < 4.78 is 36.8. The van der Waals surface area contributed by atoms with Crippen LogP contribution >= 0.6 is 0 Å². The van der Waals surface area contributed by atoms with Gasteiger partial charge in [0.15, 0.2) is 0 Å². The second-order valence-corrected chi connectivity index (χ2v) is 2.89. The molecule has 0 atom stereocenters. The minimum Gasteiger partial charge on any atom is -0.384 e. The summed E-state index contributed by atoms with van der Waals surface area (Å²) in [5.41, 5.74) is -0.184. The Kier molecular flexibility index (Phi) is 3.75. The van der Waals surface area contributed by atoms with Crippen LogP contribution < -0.4 is 0 Å². The number of rotatable bonds is 1. The zero-order valence-electron chi connectivity index (χ0n) is 7.80. The van der Waals surface area contributed by atoms with Gasteiger partial charge in [-0.25, -0.2) is 0 Å². The van der Waals surface area contributed by atoms with Crippen molar-refractivity contribution in [3.63, 3.8) is 0 Å². The first-order valence-electron chi connectivity index (χ1n) is 4.27. The number of hydrogen-bond donors (Lipinski definition) is 1. The summed E-state index contributed by atoms with van der Waals surface area (Å²) in [5.74, 6) is 4.94. The molecule has 0 saturated carbocycles. The van der Waals surface area contributed by atoms with E-state index in [0.29, 0.717) is 5.56 Å². The predicted molar refractivity (Wildman–Crippen MR) is 50.0 cm³/mol. The Bertz CT molecular complexity index is 385. The molecular formula is C11H9F3O. The molecule has 0 saturated heterocycles. The third-order valence-electron chi connectivity index (χ3n) is 1.75. The topological polar surface area (TPSA) is 20.2 Å². The molecule has 80 valence electrons. The van der Waals surface area contributed by atoms with Crippen LogP contribution in [0.25, 0.3) is 0 Å². The maximum Gasteiger partial charge on any atom is 0.416 e. The van der Waals surface area contributed by atoms with Gasteiger partial charge in [0.2, 0.25) is 0 Å². The maximum absolute atomic E-state index is 12.3. The molecule has 4 heteroatoms. The fraction of sp³-hybridized carbons (Fsp3) is 0.273. The lowest BCUT2D eigenvalue weighted by Crippen LogP contribution is -2.05. The molecule has 1 aromatic rings. The lowest BCUT2D eigenvalue weighted by Gasteiger charge is -2.06. The lowest BCUT2D eigenvalue weighted by molar-refractivity contribution is -0.137. The second kappa shape index (κ2) is 4.85. The number of halogens is 3. The summed E-state index contributed by atoms with van der Waals surface area (Å²) in [6.45, 7) is -0.279. The minimum atomic E-state index is -4.32. The van der Waals surface area contributed by atoms with E-state index in [4.69, 9.17) is 5.11 Å². The third kappa shape index (κ3) is 3.64. The van der Waals surface area contributed by atoms with Crippen molar-refractivity contribution < 1.29 is 18.3 Å². The van der Waals surface area contributed by atoms with Crippen LogP contribution in [0.15, 0.2) is 24.3 Å². The van der Waals surface area contributed by atoms with Crippen LogP contribution in [-0.2, 0) is 12.6 Å². The van der Waals surface area contributed by atoms with Gasteiger partial charge in [-0.15, -0.1) is 0 Å². The van der Waals surface area contributed by atoms with Crippen molar-refractivity contribution >= 4 is 0 Å². The smallest absolute Gasteiger partial charge is 0.384 e. The SMILES string of the molecule is OCC#CCc1cccc(C(F)(F)F)c1. The van der Waals surface area contributed by atoms with E-state index in [0.717, 1.165) is 12.1 Å². The molecule has 1 rings (SSSR count). The number of hydrogen-bond acceptors (Lipinski definition) is 1. The zero-order valence-corrected chi connectivity index (χ0v) is 7.80. The van der Waals surface area contributed by atoms with Crippen LogP contribution in [-0.4, -0.2) is 11.7 Å². The molecule has 1 nitrogen and oxygen atoms in total. The van der Waals surface area contributed by atoms with Crippen molar-refractivity contribution in [2.45, 2.75) is 12.6 Å². The van der Waals surface area contributed by atoms with Crippen LogP contribution in [0.2, 0.25) is 0 Å². The number of benzene rings is 1. The van der Waals surface area contributed by atoms with Gasteiger partial charge in [-0.1, -0.05) is 30.0 Å². The second-order valence-electron chi connectivity index (χ2n) is 2.89. The van der Waals surface area contributed by atoms with Gasteiger partial charge in [-0.05, 0) is 11.6 Å². The van der Waals surface area contributed by atoms with Crippen molar-refractivity contribution in [2.24, 2.45) is 0 Å². The molecule has 0 aliphatic heterocycles. The van der Waals surface area contributed by atoms with E-state index in [1.54, 1.807) is 6.07 Å². The minimum absolute atomic E-state index is 0.213. The van der Waals surface area contributed by atoms with Crippen LogP contribution in [0.5, 0.6) is 0 Å². The van der Waals surface area contributed by atoms with Crippen LogP contribution in [0.3, 0.4) is 0 Å². The molecule has 0 aliphatic rings. The predicted octanol–water partition coefficient (Wildman–Crippen LogP) is 2.24. The maximum atomic E-state index is 12.3. The van der Waals surface area contributed by atoms with Gasteiger partial charge in [0.25, 0.3) is 0 Å². The normalized spacial score (nSPS) is 10.7. The lowest BCUT2D eigenvalue weighted by atomic mass is 10.1. The summed E-state index contributed by atoms with van der Waals surface area (Å²) in [4.78, 5) is 0. The molecular weight excluding hydrogens is 205 g/mol. The van der Waals surface area contributed by atoms with E-state index in [-0.39, 0.29) is 13.0 Å². The largest absolute Gasteiger partial charge is 0.416 e. The quantitative estimate of drug-likeness (QED) is 0.711. The van der Waals surface area contributed by atoms with Crippen LogP contribution in [0.4, 0.5) is 13.2 Å². The Morgan fingerprint density at radius 3 is 2.53 bits per heavy atom. The molecule has 0 amide bonds. The van der Waals surface area contributed by atoms with Crippen molar-refractivity contribution in [3.05, 3.63) is 35.4 Å². The van der Waals surface area contributed by atoms with Gasteiger partial charge in [0, 0.05) is 6.42 Å². The average Bonchev–Trinajstić information content (AvgIpc) is 2.17. The zero-order chi connectivity index (χ0) is 11.3. The summed E-state index contributed by atoms with van der Waals surface area (Å²) >= 11 is 0. The standard InChI is InChI=1S/C11H9F3O/c12-11(13,14)10-6-3-5-9(8-10)4-1-2-7-15/h3,5-6,8,15H,4,7H2. The molecule has 0 spiro atoms. The molecule has 15 heavy (non-hydrogen) atoms. The highest BCUT2D eigenvalue weighted by Gasteiger charge is 2.30. The number of aliphatic hydroxyl groups excluding tert-OH is 1. The number of aliphatic hydroxyl groups is 1. The van der Waals surface area contributed by atoms with Gasteiger partial charge in [0.1, 0.15) is 6.61 Å². The van der Waals surface area contributed by atoms with Crippen molar-refractivity contribution in [1.29, 1.82) is 0 Å². The molecule has 0 aliphatic carbocycles. The molecule has 1 N–H and O–H groups in total. The Hall–Kier alpha value is -1.47. The van der Waals surface area contributed by atoms with E-state index < -0.39 is 11.7 Å². The first-order valence-corrected chi connectivity index (χ1v) is 4.27. The molecule has 0 fully saturated rings. The summed E-state index contributed by atoms with van der Waals surface area (Å²) in [6, 6.07) is 5.00. The van der Waals surface area contributed by atoms with Gasteiger partial charge in [-0.3, -0.25) is 0 Å². The molecule has 0 heterocycles. The molecule has 1 aromatic carbocycles. The first kappa shape index (κ1) is 11.6. The van der Waals surface area contributed by atoms with Gasteiger partial charge >= 0.3 is 6.18 Å². The fourth-order valence-corrected chi connectivity index (χ4v) is 1.08. The van der Waals surface area contributed by atoms with E-state index in [2.05, 4.69) is 11.8 Å². The fourth-order valence-electron chi connectivity index (χ4n) is 1.08. The highest BCUT2D eigenvalue weighted by atomic mass is 19.4. The summed E-state index contributed by atoms with van der Waals surface area (Å²) in [7, 11) is 0. The Morgan fingerprint density at radius 1 is 1.20 bits per heavy atom. The van der Waals surface area contributed by atoms with E-state index in [9.17, 15) is 13.2 Å². The van der Waals surface area contributed by atoms with E-state index >= 15 is 0 Å². The Morgan fingerprint density at radius 2 is 1.93 bits per heavy atom. The van der Waals surface area contributed by atoms with Gasteiger partial charge in [-0.2, -0.15) is 13.2 Å². The van der Waals surface area contributed by atoms with E-state index in [1.165, 1.54) is 6.07 Å². The highest BCUT2D eigenvalue weighted by molar-refractivity contribution is 5.28. The van der Waals surface area contributed by atoms with Crippen LogP contribution in [0, 0.1) is 11.8 Å². The Balaban J connectivity index is 2.84. The third-order valence-corrected chi connectivity index (χ3v) is 1.75. The Labute approximate surface area is 85.5 Å². The number of alkyl halides is 3. The highest BCUT2D eigenvalue weighted by Crippen LogP contribution is 2.29. The van der Waals surface area contributed by atoms with Gasteiger partial charge < -0.3 is 5.11 Å². The molecule has 0 unspecified atom stereocenters. The summed E-state index contributed by atoms with van der Waals surface area (Å²) in [5, 5.41) is 8.37. The molecule has 0 bridgehead atoms. The molecule has 0 aromatic heterocycles. The van der Waals surface area contributed by atoms with Crippen molar-refractivity contribution in [3.8, 4) is 11.8 Å². The monoisotopic (exact) mass is 214 g/mol. The van der Waals surface area contributed by atoms with Gasteiger partial charge in [0.05, 0.1) is 5.56 Å². The average molecular weight is 214 g/mol. The van der Waals surface area contributed by atoms with Crippen molar-refractivity contribution in [1.82, 2.24) is 0 Å². The van der Waals surface area contributed by atoms with E-state index in [1.807, 2.05) is 0 Å².